The molecule has 96 valence electrons. The van der Waals surface area contributed by atoms with Crippen molar-refractivity contribution in [3.8, 4) is 0 Å². The number of carbonyl (C=O) groups is 2. The van der Waals surface area contributed by atoms with Gasteiger partial charge in [-0.25, -0.2) is 0 Å². The zero-order chi connectivity index (χ0) is 12.4. The maximum Gasteiger partial charge on any atom is 0.237 e. The van der Waals surface area contributed by atoms with Crippen molar-refractivity contribution in [3.63, 3.8) is 0 Å². The van der Waals surface area contributed by atoms with Crippen molar-refractivity contribution in [3.05, 3.63) is 0 Å². The van der Waals surface area contributed by atoms with Crippen molar-refractivity contribution >= 4 is 11.8 Å². The first-order valence-corrected chi connectivity index (χ1v) is 6.34. The first kappa shape index (κ1) is 12.4. The lowest BCUT2D eigenvalue weighted by atomic mass is 9.94. The molecule has 3 atom stereocenters. The van der Waals surface area contributed by atoms with E-state index in [1.165, 1.54) is 0 Å². The maximum atomic E-state index is 12.0. The van der Waals surface area contributed by atoms with Gasteiger partial charge in [0.05, 0.1) is 12.1 Å². The molecule has 3 unspecified atom stereocenters. The summed E-state index contributed by atoms with van der Waals surface area (Å²) in [5.74, 6) is 0.754. The van der Waals surface area contributed by atoms with E-state index < -0.39 is 0 Å². The zero-order valence-electron chi connectivity index (χ0n) is 10.5. The topological polar surface area (TPSA) is 61.4 Å². The Morgan fingerprint density at radius 2 is 2.29 bits per heavy atom. The highest BCUT2D eigenvalue weighted by Gasteiger charge is 2.31. The summed E-state index contributed by atoms with van der Waals surface area (Å²) >= 11 is 0. The van der Waals surface area contributed by atoms with Crippen molar-refractivity contribution < 1.29 is 9.59 Å². The molecule has 2 fully saturated rings. The summed E-state index contributed by atoms with van der Waals surface area (Å²) in [6.45, 7) is 3.71. The number of hydrogen-bond acceptors (Lipinski definition) is 3. The Morgan fingerprint density at radius 3 is 2.88 bits per heavy atom. The lowest BCUT2D eigenvalue weighted by Gasteiger charge is -2.28. The second-order valence-corrected chi connectivity index (χ2v) is 5.32. The van der Waals surface area contributed by atoms with Gasteiger partial charge in [0.15, 0.2) is 0 Å². The van der Waals surface area contributed by atoms with E-state index in [4.69, 9.17) is 0 Å². The predicted octanol–water partition coefficient (Wildman–Crippen LogP) is -0.279. The average Bonchev–Trinajstić information content (AvgIpc) is 2.58. The van der Waals surface area contributed by atoms with Crippen LogP contribution in [0.1, 0.15) is 26.2 Å². The van der Waals surface area contributed by atoms with Crippen LogP contribution >= 0.6 is 0 Å². The van der Waals surface area contributed by atoms with E-state index in [-0.39, 0.29) is 23.9 Å². The summed E-state index contributed by atoms with van der Waals surface area (Å²) in [6, 6.07) is -0.0983. The minimum absolute atomic E-state index is 0.0148. The van der Waals surface area contributed by atoms with Gasteiger partial charge >= 0.3 is 0 Å². The Balaban J connectivity index is 1.83. The lowest BCUT2D eigenvalue weighted by molar-refractivity contribution is -0.126. The summed E-state index contributed by atoms with van der Waals surface area (Å²) in [5.41, 5.74) is 0. The van der Waals surface area contributed by atoms with Crippen LogP contribution in [0.5, 0.6) is 0 Å². The number of nitrogens with one attached hydrogen (secondary N) is 2. The van der Waals surface area contributed by atoms with E-state index in [1.54, 1.807) is 11.9 Å². The highest BCUT2D eigenvalue weighted by Crippen LogP contribution is 2.16. The third-order valence-electron chi connectivity index (χ3n) is 3.67. The van der Waals surface area contributed by atoms with Gasteiger partial charge in [-0.2, -0.15) is 0 Å². The Bertz CT molecular complexity index is 319. The van der Waals surface area contributed by atoms with Crippen molar-refractivity contribution in [2.24, 2.45) is 5.92 Å². The van der Waals surface area contributed by atoms with Crippen LogP contribution in [0.25, 0.3) is 0 Å². The highest BCUT2D eigenvalue weighted by atomic mass is 16.2. The number of piperidine rings is 1. The smallest absolute Gasteiger partial charge is 0.237 e. The van der Waals surface area contributed by atoms with Crippen LogP contribution < -0.4 is 10.6 Å². The van der Waals surface area contributed by atoms with E-state index in [9.17, 15) is 9.59 Å². The van der Waals surface area contributed by atoms with Gasteiger partial charge in [-0.05, 0) is 25.3 Å². The first-order valence-electron chi connectivity index (χ1n) is 6.34. The van der Waals surface area contributed by atoms with Gasteiger partial charge in [-0.3, -0.25) is 9.59 Å². The fraction of sp³-hybridized carbons (Fsp3) is 0.833. The summed E-state index contributed by atoms with van der Waals surface area (Å²) in [7, 11) is 1.77. The third-order valence-corrected chi connectivity index (χ3v) is 3.67. The summed E-state index contributed by atoms with van der Waals surface area (Å²) < 4.78 is 0. The Labute approximate surface area is 102 Å². The molecule has 17 heavy (non-hydrogen) atoms. The Kier molecular flexibility index (Phi) is 3.66. The second kappa shape index (κ2) is 5.04. The van der Waals surface area contributed by atoms with E-state index in [0.29, 0.717) is 18.9 Å². The van der Waals surface area contributed by atoms with E-state index in [0.717, 1.165) is 19.4 Å². The molecule has 2 aliphatic rings. The monoisotopic (exact) mass is 239 g/mol. The van der Waals surface area contributed by atoms with Gasteiger partial charge in [0.25, 0.3) is 0 Å². The van der Waals surface area contributed by atoms with Crippen molar-refractivity contribution in [1.82, 2.24) is 15.5 Å². The normalized spacial score (nSPS) is 33.9. The fourth-order valence-electron chi connectivity index (χ4n) is 2.57. The highest BCUT2D eigenvalue weighted by molar-refractivity contribution is 5.84. The lowest BCUT2D eigenvalue weighted by Crippen LogP contribution is -2.51. The number of carbonyl (C=O) groups excluding carboxylic acids is 2. The van der Waals surface area contributed by atoms with Crippen LogP contribution in [0.2, 0.25) is 0 Å². The average molecular weight is 239 g/mol. The number of likely N-dealkylation sites (tertiary alicyclic amines) is 1. The van der Waals surface area contributed by atoms with Crippen molar-refractivity contribution in [2.45, 2.75) is 38.3 Å². The van der Waals surface area contributed by atoms with Crippen molar-refractivity contribution in [1.29, 1.82) is 0 Å². The minimum atomic E-state index is -0.0836. The summed E-state index contributed by atoms with van der Waals surface area (Å²) in [6.07, 6.45) is 2.46. The molecule has 2 rings (SSSR count). The molecule has 0 aromatic carbocycles. The van der Waals surface area contributed by atoms with Crippen LogP contribution in [0, 0.1) is 5.92 Å². The van der Waals surface area contributed by atoms with E-state index >= 15 is 0 Å². The number of rotatable bonds is 2. The van der Waals surface area contributed by atoms with Crippen LogP contribution in [0.3, 0.4) is 0 Å². The van der Waals surface area contributed by atoms with E-state index in [1.807, 2.05) is 0 Å². The Morgan fingerprint density at radius 1 is 1.53 bits per heavy atom. The maximum absolute atomic E-state index is 12.0. The molecular formula is C12H21N3O2. The SMILES string of the molecule is CC1CCNC(C(=O)NC2CC(=O)N(C)C2)C1. The zero-order valence-corrected chi connectivity index (χ0v) is 10.5. The molecule has 5 heteroatoms. The number of likely N-dealkylation sites (N-methyl/N-ethyl adjacent to an activating group) is 1. The summed E-state index contributed by atoms with van der Waals surface area (Å²) in [4.78, 5) is 25.0. The molecule has 2 heterocycles. The first-order chi connectivity index (χ1) is 8.06. The molecule has 2 N–H and O–H groups in total. The number of nitrogens with zero attached hydrogens (tertiary/aromatic N) is 1. The largest absolute Gasteiger partial charge is 0.350 e. The molecule has 0 aromatic rings. The van der Waals surface area contributed by atoms with Gasteiger partial charge in [0, 0.05) is 20.0 Å². The fourth-order valence-corrected chi connectivity index (χ4v) is 2.57. The molecule has 2 saturated heterocycles. The van der Waals surface area contributed by atoms with Gasteiger partial charge in [-0.15, -0.1) is 0 Å². The van der Waals surface area contributed by atoms with Gasteiger partial charge < -0.3 is 15.5 Å². The molecule has 0 spiro atoms. The Hall–Kier alpha value is -1.10. The third kappa shape index (κ3) is 2.97. The molecule has 0 bridgehead atoms. The van der Waals surface area contributed by atoms with Crippen LogP contribution in [0.15, 0.2) is 0 Å². The molecule has 0 saturated carbocycles. The quantitative estimate of drug-likeness (QED) is 0.697. The molecule has 2 amide bonds. The van der Waals surface area contributed by atoms with Gasteiger partial charge in [-0.1, -0.05) is 6.92 Å². The van der Waals surface area contributed by atoms with Gasteiger partial charge in [0.1, 0.15) is 0 Å². The molecule has 2 aliphatic heterocycles. The molecule has 0 radical (unpaired) electrons. The van der Waals surface area contributed by atoms with Gasteiger partial charge in [0.2, 0.25) is 11.8 Å². The minimum Gasteiger partial charge on any atom is -0.350 e. The number of hydrogen-bond donors (Lipinski definition) is 2. The van der Waals surface area contributed by atoms with E-state index in [2.05, 4.69) is 17.6 Å². The van der Waals surface area contributed by atoms with Crippen molar-refractivity contribution in [2.75, 3.05) is 20.1 Å². The molecule has 5 nitrogen and oxygen atoms in total. The standard InChI is InChI=1S/C12H21N3O2/c1-8-3-4-13-10(5-8)12(17)14-9-6-11(16)15(2)7-9/h8-10,13H,3-7H2,1-2H3,(H,14,17). The molecule has 0 aromatic heterocycles. The number of amides is 2. The molecule has 0 aliphatic carbocycles. The summed E-state index contributed by atoms with van der Waals surface area (Å²) in [5, 5.41) is 6.20. The van der Waals surface area contributed by atoms with Crippen LogP contribution in [-0.2, 0) is 9.59 Å². The predicted molar refractivity (Wildman–Crippen MR) is 64.4 cm³/mol. The van der Waals surface area contributed by atoms with Crippen LogP contribution in [0.4, 0.5) is 0 Å². The van der Waals surface area contributed by atoms with Crippen LogP contribution in [-0.4, -0.2) is 48.9 Å². The molecular weight excluding hydrogens is 218 g/mol. The second-order valence-electron chi connectivity index (χ2n) is 5.32.